The third-order valence-corrected chi connectivity index (χ3v) is 4.77. The van der Waals surface area contributed by atoms with Crippen LogP contribution < -0.4 is 5.73 Å². The molecular formula is C16H26N4O. The number of hydrogen-bond donors (Lipinski definition) is 1. The van der Waals surface area contributed by atoms with E-state index in [-0.39, 0.29) is 11.9 Å². The number of hydrogen-bond acceptors (Lipinski definition) is 3. The van der Waals surface area contributed by atoms with Crippen molar-refractivity contribution >= 4 is 11.6 Å². The number of anilines is 1. The minimum Gasteiger partial charge on any atom is -0.397 e. The van der Waals surface area contributed by atoms with Gasteiger partial charge in [0.15, 0.2) is 0 Å². The predicted octanol–water partition coefficient (Wildman–Crippen LogP) is 1.96. The van der Waals surface area contributed by atoms with Gasteiger partial charge < -0.3 is 15.2 Å². The summed E-state index contributed by atoms with van der Waals surface area (Å²) in [6, 6.07) is 2.61. The summed E-state index contributed by atoms with van der Waals surface area (Å²) in [4.78, 5) is 17.4. The van der Waals surface area contributed by atoms with Crippen molar-refractivity contribution in [3.8, 4) is 0 Å². The number of nitrogens with two attached hydrogens (primary N) is 1. The molecular weight excluding hydrogens is 264 g/mol. The van der Waals surface area contributed by atoms with E-state index in [1.54, 1.807) is 0 Å². The molecule has 5 heteroatoms. The van der Waals surface area contributed by atoms with Crippen LogP contribution in [0.3, 0.4) is 0 Å². The molecule has 0 saturated carbocycles. The highest BCUT2D eigenvalue weighted by Gasteiger charge is 2.32. The van der Waals surface area contributed by atoms with Crippen LogP contribution in [0.4, 0.5) is 5.69 Å². The van der Waals surface area contributed by atoms with Crippen molar-refractivity contribution in [2.24, 2.45) is 0 Å². The third-order valence-electron chi connectivity index (χ3n) is 4.77. The Morgan fingerprint density at radius 2 is 2.10 bits per heavy atom. The molecule has 116 valence electrons. The van der Waals surface area contributed by atoms with Gasteiger partial charge in [-0.1, -0.05) is 6.42 Å². The standard InChI is InChI=1S/C16H26N4O/c1-12(2)20-10-13(17)9-15(20)16(21)19-8-7-18-6-4-3-5-14(18)11-19/h9-10,12,14H,3-8,11,17H2,1-2H3. The Morgan fingerprint density at radius 3 is 2.86 bits per heavy atom. The lowest BCUT2D eigenvalue weighted by Crippen LogP contribution is -2.56. The third kappa shape index (κ3) is 2.79. The number of piperidine rings is 1. The number of nitrogen functional groups attached to an aromatic ring is 1. The van der Waals surface area contributed by atoms with E-state index in [1.807, 2.05) is 21.7 Å². The summed E-state index contributed by atoms with van der Waals surface area (Å²) in [7, 11) is 0. The van der Waals surface area contributed by atoms with Gasteiger partial charge in [-0.2, -0.15) is 0 Å². The van der Waals surface area contributed by atoms with E-state index in [2.05, 4.69) is 18.7 Å². The van der Waals surface area contributed by atoms with Crippen molar-refractivity contribution in [2.45, 2.75) is 45.2 Å². The summed E-state index contributed by atoms with van der Waals surface area (Å²) < 4.78 is 1.99. The average molecular weight is 290 g/mol. The van der Waals surface area contributed by atoms with Crippen molar-refractivity contribution in [3.63, 3.8) is 0 Å². The minimum atomic E-state index is 0.130. The van der Waals surface area contributed by atoms with Crippen LogP contribution in [-0.4, -0.2) is 52.5 Å². The quantitative estimate of drug-likeness (QED) is 0.906. The van der Waals surface area contributed by atoms with Gasteiger partial charge in [0, 0.05) is 37.9 Å². The number of aromatic nitrogens is 1. The van der Waals surface area contributed by atoms with Gasteiger partial charge in [0.2, 0.25) is 0 Å². The molecule has 0 radical (unpaired) electrons. The number of fused-ring (bicyclic) bond motifs is 1. The Morgan fingerprint density at radius 1 is 1.29 bits per heavy atom. The molecule has 1 aromatic heterocycles. The highest BCUT2D eigenvalue weighted by Crippen LogP contribution is 2.24. The highest BCUT2D eigenvalue weighted by molar-refractivity contribution is 5.94. The number of carbonyl (C=O) groups is 1. The van der Waals surface area contributed by atoms with Crippen molar-refractivity contribution < 1.29 is 4.79 Å². The van der Waals surface area contributed by atoms with Crippen LogP contribution in [0.25, 0.3) is 0 Å². The first-order valence-corrected chi connectivity index (χ1v) is 8.07. The van der Waals surface area contributed by atoms with Gasteiger partial charge in [0.05, 0.1) is 5.69 Å². The van der Waals surface area contributed by atoms with E-state index >= 15 is 0 Å². The Labute approximate surface area is 126 Å². The number of piperazine rings is 1. The molecule has 2 aliphatic heterocycles. The molecule has 2 saturated heterocycles. The zero-order chi connectivity index (χ0) is 15.0. The SMILES string of the molecule is CC(C)n1cc(N)cc1C(=O)N1CCN2CCCCC2C1. The Kier molecular flexibility index (Phi) is 3.93. The van der Waals surface area contributed by atoms with Gasteiger partial charge in [-0.15, -0.1) is 0 Å². The molecule has 5 nitrogen and oxygen atoms in total. The Hall–Kier alpha value is -1.49. The first-order chi connectivity index (χ1) is 10.1. The van der Waals surface area contributed by atoms with Crippen molar-refractivity contribution in [1.29, 1.82) is 0 Å². The van der Waals surface area contributed by atoms with Crippen LogP contribution in [0.2, 0.25) is 0 Å². The molecule has 3 heterocycles. The van der Waals surface area contributed by atoms with E-state index in [1.165, 1.54) is 25.8 Å². The predicted molar refractivity (Wildman–Crippen MR) is 84.3 cm³/mol. The van der Waals surface area contributed by atoms with Gasteiger partial charge in [0.25, 0.3) is 5.91 Å². The molecule has 1 amide bonds. The molecule has 3 rings (SSSR count). The van der Waals surface area contributed by atoms with Crippen LogP contribution in [0.1, 0.15) is 49.6 Å². The lowest BCUT2D eigenvalue weighted by Gasteiger charge is -2.44. The molecule has 21 heavy (non-hydrogen) atoms. The van der Waals surface area contributed by atoms with Crippen molar-refractivity contribution in [2.75, 3.05) is 31.9 Å². The maximum Gasteiger partial charge on any atom is 0.270 e. The fourth-order valence-corrected chi connectivity index (χ4v) is 3.60. The smallest absolute Gasteiger partial charge is 0.270 e. The van der Waals surface area contributed by atoms with E-state index < -0.39 is 0 Å². The van der Waals surface area contributed by atoms with E-state index in [4.69, 9.17) is 5.73 Å². The summed E-state index contributed by atoms with van der Waals surface area (Å²) in [5, 5.41) is 0. The first-order valence-electron chi connectivity index (χ1n) is 8.07. The highest BCUT2D eigenvalue weighted by atomic mass is 16.2. The number of amides is 1. The summed E-state index contributed by atoms with van der Waals surface area (Å²) in [6.45, 7) is 8.06. The largest absolute Gasteiger partial charge is 0.397 e. The van der Waals surface area contributed by atoms with Gasteiger partial charge in [-0.05, 0) is 39.3 Å². The van der Waals surface area contributed by atoms with Crippen molar-refractivity contribution in [1.82, 2.24) is 14.4 Å². The Balaban J connectivity index is 1.76. The van der Waals surface area contributed by atoms with Crippen molar-refractivity contribution in [3.05, 3.63) is 18.0 Å². The minimum absolute atomic E-state index is 0.130. The van der Waals surface area contributed by atoms with E-state index in [0.717, 1.165) is 25.3 Å². The molecule has 0 aromatic carbocycles. The molecule has 0 aliphatic carbocycles. The van der Waals surface area contributed by atoms with Gasteiger partial charge >= 0.3 is 0 Å². The molecule has 1 unspecified atom stereocenters. The van der Waals surface area contributed by atoms with Crippen LogP contribution in [0, 0.1) is 0 Å². The summed E-state index contributed by atoms with van der Waals surface area (Å²) in [5.41, 5.74) is 7.29. The van der Waals surface area contributed by atoms with Gasteiger partial charge in [-0.25, -0.2) is 0 Å². The Bertz CT molecular complexity index is 522. The summed E-state index contributed by atoms with van der Waals surface area (Å²) >= 11 is 0. The van der Waals surface area contributed by atoms with E-state index in [9.17, 15) is 4.79 Å². The van der Waals surface area contributed by atoms with Crippen LogP contribution >= 0.6 is 0 Å². The summed E-state index contributed by atoms with van der Waals surface area (Å²) in [6.07, 6.45) is 5.68. The lowest BCUT2D eigenvalue weighted by molar-refractivity contribution is 0.0364. The van der Waals surface area contributed by atoms with Crippen LogP contribution in [0.5, 0.6) is 0 Å². The molecule has 1 aromatic rings. The number of nitrogens with zero attached hydrogens (tertiary/aromatic N) is 3. The van der Waals surface area contributed by atoms with Gasteiger partial charge in [0.1, 0.15) is 5.69 Å². The molecule has 1 atom stereocenters. The van der Waals surface area contributed by atoms with E-state index in [0.29, 0.717) is 11.7 Å². The molecule has 0 spiro atoms. The molecule has 2 N–H and O–H groups in total. The average Bonchev–Trinajstić information content (AvgIpc) is 2.88. The van der Waals surface area contributed by atoms with Crippen LogP contribution in [-0.2, 0) is 0 Å². The number of rotatable bonds is 2. The second-order valence-electron chi connectivity index (χ2n) is 6.60. The summed E-state index contributed by atoms with van der Waals surface area (Å²) in [5.74, 6) is 0.130. The maximum absolute atomic E-state index is 12.8. The maximum atomic E-state index is 12.8. The fourth-order valence-electron chi connectivity index (χ4n) is 3.60. The number of carbonyl (C=O) groups excluding carboxylic acids is 1. The zero-order valence-electron chi connectivity index (χ0n) is 13.1. The first kappa shape index (κ1) is 14.4. The topological polar surface area (TPSA) is 54.5 Å². The molecule has 2 aliphatic rings. The lowest BCUT2D eigenvalue weighted by atomic mass is 9.99. The van der Waals surface area contributed by atoms with Crippen LogP contribution in [0.15, 0.2) is 12.3 Å². The second kappa shape index (κ2) is 5.72. The zero-order valence-corrected chi connectivity index (χ0v) is 13.1. The molecule has 0 bridgehead atoms. The monoisotopic (exact) mass is 290 g/mol. The molecule has 2 fully saturated rings. The van der Waals surface area contributed by atoms with Gasteiger partial charge in [-0.3, -0.25) is 9.69 Å². The normalized spacial score (nSPS) is 23.4. The fraction of sp³-hybridized carbons (Fsp3) is 0.688. The second-order valence-corrected chi connectivity index (χ2v) is 6.60.